The Morgan fingerprint density at radius 1 is 1.35 bits per heavy atom. The molecule has 0 saturated heterocycles. The summed E-state index contributed by atoms with van der Waals surface area (Å²) >= 11 is 0. The van der Waals surface area contributed by atoms with E-state index in [0.717, 1.165) is 18.4 Å². The van der Waals surface area contributed by atoms with Crippen molar-refractivity contribution >= 4 is 5.91 Å². The van der Waals surface area contributed by atoms with Crippen LogP contribution in [0.15, 0.2) is 18.2 Å². The molecule has 20 heavy (non-hydrogen) atoms. The summed E-state index contributed by atoms with van der Waals surface area (Å²) in [7, 11) is 0. The average molecular weight is 277 g/mol. The topological polar surface area (TPSA) is 58.6 Å². The van der Waals surface area contributed by atoms with Gasteiger partial charge in [0.05, 0.1) is 18.3 Å². The van der Waals surface area contributed by atoms with Gasteiger partial charge in [-0.2, -0.15) is 0 Å². The van der Waals surface area contributed by atoms with Crippen molar-refractivity contribution in [3.05, 3.63) is 29.3 Å². The molecule has 0 atom stereocenters. The van der Waals surface area contributed by atoms with Crippen LogP contribution in [0.1, 0.15) is 48.0 Å². The summed E-state index contributed by atoms with van der Waals surface area (Å²) in [5, 5.41) is 12.5. The highest BCUT2D eigenvalue weighted by Gasteiger charge is 2.14. The number of hydrogen-bond acceptors (Lipinski definition) is 3. The number of amides is 1. The zero-order valence-corrected chi connectivity index (χ0v) is 12.0. The Bertz CT molecular complexity index is 453. The third kappa shape index (κ3) is 4.23. The Morgan fingerprint density at radius 3 is 2.85 bits per heavy atom. The Hall–Kier alpha value is -1.55. The Morgan fingerprint density at radius 2 is 2.10 bits per heavy atom. The van der Waals surface area contributed by atoms with E-state index in [0.29, 0.717) is 24.8 Å². The van der Waals surface area contributed by atoms with Crippen molar-refractivity contribution in [2.45, 2.75) is 45.1 Å². The zero-order valence-electron chi connectivity index (χ0n) is 12.0. The van der Waals surface area contributed by atoms with Gasteiger partial charge in [-0.15, -0.1) is 0 Å². The van der Waals surface area contributed by atoms with Gasteiger partial charge in [0.25, 0.3) is 5.91 Å². The Kier molecular flexibility index (Phi) is 5.41. The largest absolute Gasteiger partial charge is 0.507 e. The van der Waals surface area contributed by atoms with Crippen LogP contribution in [0.3, 0.4) is 0 Å². The molecule has 2 N–H and O–H groups in total. The third-order valence-electron chi connectivity index (χ3n) is 3.69. The van der Waals surface area contributed by atoms with Gasteiger partial charge in [-0.25, -0.2) is 0 Å². The molecule has 1 aliphatic rings. The average Bonchev–Trinajstić information content (AvgIpc) is 2.47. The fraction of sp³-hybridized carbons (Fsp3) is 0.562. The summed E-state index contributed by atoms with van der Waals surface area (Å²) in [6, 6.07) is 5.01. The van der Waals surface area contributed by atoms with Gasteiger partial charge >= 0.3 is 0 Å². The second kappa shape index (κ2) is 7.29. The summed E-state index contributed by atoms with van der Waals surface area (Å²) in [6.07, 6.45) is 6.42. The van der Waals surface area contributed by atoms with Gasteiger partial charge in [0.1, 0.15) is 5.75 Å². The fourth-order valence-electron chi connectivity index (χ4n) is 2.55. The number of aromatic hydroxyl groups is 1. The number of aryl methyl sites for hydroxylation is 1. The van der Waals surface area contributed by atoms with E-state index in [2.05, 4.69) is 5.32 Å². The van der Waals surface area contributed by atoms with Crippen LogP contribution in [0.2, 0.25) is 0 Å². The van der Waals surface area contributed by atoms with Crippen LogP contribution in [-0.4, -0.2) is 30.3 Å². The van der Waals surface area contributed by atoms with Crippen molar-refractivity contribution in [2.24, 2.45) is 0 Å². The van der Waals surface area contributed by atoms with Gasteiger partial charge in [0.2, 0.25) is 0 Å². The van der Waals surface area contributed by atoms with Crippen LogP contribution in [0, 0.1) is 6.92 Å². The lowest BCUT2D eigenvalue weighted by molar-refractivity contribution is 0.0299. The van der Waals surface area contributed by atoms with E-state index in [4.69, 9.17) is 4.74 Å². The van der Waals surface area contributed by atoms with Crippen molar-refractivity contribution in [3.8, 4) is 5.75 Å². The lowest BCUT2D eigenvalue weighted by Crippen LogP contribution is -2.29. The van der Waals surface area contributed by atoms with E-state index in [9.17, 15) is 9.90 Å². The molecular formula is C16H23NO3. The molecule has 2 rings (SSSR count). The smallest absolute Gasteiger partial charge is 0.255 e. The molecule has 1 aromatic rings. The van der Waals surface area contributed by atoms with Gasteiger partial charge in [0.15, 0.2) is 0 Å². The maximum absolute atomic E-state index is 11.9. The molecule has 4 nitrogen and oxygen atoms in total. The van der Waals surface area contributed by atoms with E-state index in [-0.39, 0.29) is 11.7 Å². The number of benzene rings is 1. The Balaban J connectivity index is 1.73. The highest BCUT2D eigenvalue weighted by atomic mass is 16.5. The van der Waals surface area contributed by atoms with Gasteiger partial charge in [-0.05, 0) is 31.9 Å². The third-order valence-corrected chi connectivity index (χ3v) is 3.69. The van der Waals surface area contributed by atoms with Crippen molar-refractivity contribution in [1.82, 2.24) is 5.32 Å². The van der Waals surface area contributed by atoms with Gasteiger partial charge in [-0.1, -0.05) is 30.9 Å². The van der Waals surface area contributed by atoms with Crippen LogP contribution < -0.4 is 5.32 Å². The molecule has 1 aromatic carbocycles. The minimum atomic E-state index is -0.251. The molecule has 4 heteroatoms. The summed E-state index contributed by atoms with van der Waals surface area (Å²) in [5.74, 6) is -0.236. The van der Waals surface area contributed by atoms with Crippen molar-refractivity contribution in [1.29, 1.82) is 0 Å². The quantitative estimate of drug-likeness (QED) is 0.814. The molecule has 1 aliphatic carbocycles. The Labute approximate surface area is 120 Å². The second-order valence-electron chi connectivity index (χ2n) is 5.41. The van der Waals surface area contributed by atoms with Crippen molar-refractivity contribution in [3.63, 3.8) is 0 Å². The van der Waals surface area contributed by atoms with Crippen LogP contribution in [0.5, 0.6) is 5.75 Å². The highest BCUT2D eigenvalue weighted by Crippen LogP contribution is 2.20. The van der Waals surface area contributed by atoms with E-state index < -0.39 is 0 Å². The molecule has 0 heterocycles. The number of carbonyl (C=O) groups is 1. The number of rotatable bonds is 5. The maximum Gasteiger partial charge on any atom is 0.255 e. The number of ether oxygens (including phenoxy) is 1. The number of hydrogen-bond donors (Lipinski definition) is 2. The molecule has 0 bridgehead atoms. The molecule has 1 saturated carbocycles. The molecule has 0 radical (unpaired) electrons. The van der Waals surface area contributed by atoms with Gasteiger partial charge in [-0.3, -0.25) is 4.79 Å². The number of phenols is 1. The number of carbonyl (C=O) groups excluding carboxylic acids is 1. The second-order valence-corrected chi connectivity index (χ2v) is 5.41. The molecule has 0 aromatic heterocycles. The van der Waals surface area contributed by atoms with Crippen molar-refractivity contribution < 1.29 is 14.6 Å². The summed E-state index contributed by atoms with van der Waals surface area (Å²) < 4.78 is 5.75. The molecule has 1 fully saturated rings. The minimum absolute atomic E-state index is 0.0151. The molecule has 110 valence electrons. The van der Waals surface area contributed by atoms with Gasteiger partial charge < -0.3 is 15.2 Å². The molecule has 0 spiro atoms. The van der Waals surface area contributed by atoms with Crippen molar-refractivity contribution in [2.75, 3.05) is 13.2 Å². The normalized spacial score (nSPS) is 16.1. The standard InChI is InChI=1S/C16H23NO3/c1-12-7-8-15(18)14(11-12)16(19)17-9-10-20-13-5-3-2-4-6-13/h7-8,11,13,18H,2-6,9-10H2,1H3,(H,17,19). The SMILES string of the molecule is Cc1ccc(O)c(C(=O)NCCOC2CCCCC2)c1. The predicted molar refractivity (Wildman–Crippen MR) is 78.0 cm³/mol. The first-order chi connectivity index (χ1) is 9.66. The van der Waals surface area contributed by atoms with E-state index in [1.807, 2.05) is 6.92 Å². The maximum atomic E-state index is 11.9. The van der Waals surface area contributed by atoms with Crippen LogP contribution in [0.25, 0.3) is 0 Å². The monoisotopic (exact) mass is 277 g/mol. The summed E-state index contributed by atoms with van der Waals surface area (Å²) in [5.41, 5.74) is 1.27. The van der Waals surface area contributed by atoms with Crippen LogP contribution in [-0.2, 0) is 4.74 Å². The fourth-order valence-corrected chi connectivity index (χ4v) is 2.55. The van der Waals surface area contributed by atoms with Gasteiger partial charge in [0, 0.05) is 6.54 Å². The van der Waals surface area contributed by atoms with Crippen LogP contribution in [0.4, 0.5) is 0 Å². The van der Waals surface area contributed by atoms with Crippen LogP contribution >= 0.6 is 0 Å². The first kappa shape index (κ1) is 14.9. The lowest BCUT2D eigenvalue weighted by atomic mass is 9.98. The first-order valence-electron chi connectivity index (χ1n) is 7.36. The molecule has 0 unspecified atom stereocenters. The molecular weight excluding hydrogens is 254 g/mol. The van der Waals surface area contributed by atoms with E-state index >= 15 is 0 Å². The number of nitrogens with one attached hydrogen (secondary N) is 1. The van der Waals surface area contributed by atoms with E-state index in [1.54, 1.807) is 18.2 Å². The summed E-state index contributed by atoms with van der Waals surface area (Å²) in [6.45, 7) is 2.90. The van der Waals surface area contributed by atoms with E-state index in [1.165, 1.54) is 19.3 Å². The number of phenolic OH excluding ortho intramolecular Hbond substituents is 1. The summed E-state index contributed by atoms with van der Waals surface area (Å²) in [4.78, 5) is 11.9. The zero-order chi connectivity index (χ0) is 14.4. The highest BCUT2D eigenvalue weighted by molar-refractivity contribution is 5.96. The first-order valence-corrected chi connectivity index (χ1v) is 7.36. The predicted octanol–water partition coefficient (Wildman–Crippen LogP) is 2.78. The minimum Gasteiger partial charge on any atom is -0.507 e. The molecule has 1 amide bonds. The molecule has 0 aliphatic heterocycles. The lowest BCUT2D eigenvalue weighted by Gasteiger charge is -2.22.